The second-order valence-corrected chi connectivity index (χ2v) is 24.5. The van der Waals surface area contributed by atoms with Gasteiger partial charge < -0.3 is 28.8 Å². The number of amides is 1. The van der Waals surface area contributed by atoms with Gasteiger partial charge in [-0.15, -0.1) is 0 Å². The van der Waals surface area contributed by atoms with Crippen molar-refractivity contribution in [1.29, 1.82) is 0 Å². The highest BCUT2D eigenvalue weighted by molar-refractivity contribution is 7.45. The van der Waals surface area contributed by atoms with Gasteiger partial charge in [-0.1, -0.05) is 298 Å². The summed E-state index contributed by atoms with van der Waals surface area (Å²) in [7, 11) is 1.27. The molecule has 0 radical (unpaired) electrons. The van der Waals surface area contributed by atoms with Crippen molar-refractivity contribution < 1.29 is 32.9 Å². The first kappa shape index (κ1) is 74.7. The second-order valence-electron chi connectivity index (χ2n) is 23.1. The normalized spacial score (nSPS) is 14.3. The first-order valence-electron chi connectivity index (χ1n) is 32.4. The SMILES string of the molecule is CC/C=C\C/C=C\C/C=C\C/C=C\C/C=C\C/C=C\CCCCCCCCCCCCCCCCCCCCCCC(=O)NC(COP(=O)([O-])OCC[N+](C)(C)C)C(O)/C=C/CCCCCCCCCCCCCCCC. The maximum atomic E-state index is 13.0. The maximum absolute atomic E-state index is 13.0. The molecule has 8 nitrogen and oxygen atoms in total. The fourth-order valence-corrected chi connectivity index (χ4v) is 10.1. The number of phosphoric acid groups is 1. The molecule has 0 heterocycles. The number of rotatable bonds is 59. The van der Waals surface area contributed by atoms with Crippen LogP contribution in [0.3, 0.4) is 0 Å². The number of carbonyl (C=O) groups excluding carboxylic acids is 1. The average molecular weight is 1100 g/mol. The largest absolute Gasteiger partial charge is 0.756 e. The molecule has 0 fully saturated rings. The van der Waals surface area contributed by atoms with Gasteiger partial charge in [0.15, 0.2) is 0 Å². The quantitative estimate of drug-likeness (QED) is 0.0272. The molecule has 3 atom stereocenters. The Morgan fingerprint density at radius 3 is 1.16 bits per heavy atom. The van der Waals surface area contributed by atoms with E-state index in [2.05, 4.69) is 92.1 Å². The summed E-state index contributed by atoms with van der Waals surface area (Å²) in [5.41, 5.74) is 0. The zero-order valence-corrected chi connectivity index (χ0v) is 52.0. The van der Waals surface area contributed by atoms with E-state index in [1.807, 2.05) is 27.2 Å². The van der Waals surface area contributed by atoms with Crippen LogP contribution in [-0.2, 0) is 18.4 Å². The van der Waals surface area contributed by atoms with Crippen LogP contribution >= 0.6 is 7.82 Å². The number of nitrogens with one attached hydrogen (secondary N) is 1. The van der Waals surface area contributed by atoms with Crippen LogP contribution in [0.5, 0.6) is 0 Å². The van der Waals surface area contributed by atoms with Crippen molar-refractivity contribution in [2.45, 2.75) is 302 Å². The molecule has 448 valence electrons. The topological polar surface area (TPSA) is 108 Å². The molecule has 0 aromatic rings. The minimum absolute atomic E-state index is 0.00144. The van der Waals surface area contributed by atoms with Crippen molar-refractivity contribution in [3.8, 4) is 0 Å². The van der Waals surface area contributed by atoms with Crippen LogP contribution < -0.4 is 10.2 Å². The molecule has 0 spiro atoms. The summed E-state index contributed by atoms with van der Waals surface area (Å²) in [6.45, 7) is 4.55. The van der Waals surface area contributed by atoms with Crippen LogP contribution in [0.25, 0.3) is 0 Å². The molecule has 0 saturated heterocycles. The van der Waals surface area contributed by atoms with Gasteiger partial charge in [-0.25, -0.2) is 0 Å². The van der Waals surface area contributed by atoms with Gasteiger partial charge in [0.25, 0.3) is 7.82 Å². The lowest BCUT2D eigenvalue weighted by Crippen LogP contribution is -2.45. The number of aliphatic hydroxyl groups is 1. The fourth-order valence-electron chi connectivity index (χ4n) is 9.34. The lowest BCUT2D eigenvalue weighted by atomic mass is 10.0. The summed E-state index contributed by atoms with van der Waals surface area (Å²) in [6.07, 6.45) is 82.6. The monoisotopic (exact) mass is 1100 g/mol. The second kappa shape index (κ2) is 58.3. The number of quaternary nitrogens is 1. The molecule has 1 amide bonds. The molecule has 0 aromatic heterocycles. The van der Waals surface area contributed by atoms with Gasteiger partial charge in [-0.2, -0.15) is 0 Å². The first-order chi connectivity index (χ1) is 37.5. The van der Waals surface area contributed by atoms with Crippen LogP contribution in [0.2, 0.25) is 0 Å². The minimum atomic E-state index is -4.60. The summed E-state index contributed by atoms with van der Waals surface area (Å²) in [5.74, 6) is -0.195. The molecule has 0 aliphatic heterocycles. The van der Waals surface area contributed by atoms with Crippen LogP contribution in [0.4, 0.5) is 0 Å². The van der Waals surface area contributed by atoms with E-state index in [9.17, 15) is 19.4 Å². The molecule has 0 rings (SSSR count). The number of aliphatic hydroxyl groups excluding tert-OH is 1. The Bertz CT molecular complexity index is 1530. The third-order valence-corrected chi connectivity index (χ3v) is 15.3. The highest BCUT2D eigenvalue weighted by Crippen LogP contribution is 2.38. The van der Waals surface area contributed by atoms with E-state index < -0.39 is 20.0 Å². The molecule has 3 unspecified atom stereocenters. The van der Waals surface area contributed by atoms with E-state index in [-0.39, 0.29) is 19.1 Å². The smallest absolute Gasteiger partial charge is 0.268 e. The molecule has 0 aromatic carbocycles. The number of phosphoric ester groups is 1. The molecule has 2 N–H and O–H groups in total. The zero-order valence-electron chi connectivity index (χ0n) is 51.1. The van der Waals surface area contributed by atoms with Crippen molar-refractivity contribution >= 4 is 13.7 Å². The van der Waals surface area contributed by atoms with Crippen molar-refractivity contribution in [2.75, 3.05) is 40.9 Å². The van der Waals surface area contributed by atoms with E-state index >= 15 is 0 Å². The Labute approximate surface area is 477 Å². The van der Waals surface area contributed by atoms with Crippen LogP contribution in [0.1, 0.15) is 290 Å². The first-order valence-corrected chi connectivity index (χ1v) is 33.9. The van der Waals surface area contributed by atoms with Crippen molar-refractivity contribution in [3.63, 3.8) is 0 Å². The van der Waals surface area contributed by atoms with E-state index in [1.54, 1.807) is 6.08 Å². The summed E-state index contributed by atoms with van der Waals surface area (Å²) in [4.78, 5) is 25.5. The Morgan fingerprint density at radius 1 is 0.468 bits per heavy atom. The van der Waals surface area contributed by atoms with E-state index in [1.165, 1.54) is 193 Å². The van der Waals surface area contributed by atoms with Gasteiger partial charge in [0, 0.05) is 6.42 Å². The molecule has 0 aliphatic rings. The predicted molar refractivity (Wildman–Crippen MR) is 334 cm³/mol. The molecule has 0 saturated carbocycles. The van der Waals surface area contributed by atoms with Crippen molar-refractivity contribution in [1.82, 2.24) is 5.32 Å². The molecule has 0 bridgehead atoms. The van der Waals surface area contributed by atoms with Gasteiger partial charge in [0.2, 0.25) is 5.91 Å². The minimum Gasteiger partial charge on any atom is -0.756 e. The Hall–Kier alpha value is -2.32. The van der Waals surface area contributed by atoms with Gasteiger partial charge in [0.1, 0.15) is 13.2 Å². The molecule has 77 heavy (non-hydrogen) atoms. The molecule has 0 aliphatic carbocycles. The third kappa shape index (κ3) is 61.2. The van der Waals surface area contributed by atoms with E-state index in [0.29, 0.717) is 17.4 Å². The summed E-state index contributed by atoms with van der Waals surface area (Å²) in [5, 5.41) is 13.9. The predicted octanol–water partition coefficient (Wildman–Crippen LogP) is 19.7. The number of allylic oxidation sites excluding steroid dienone is 13. The van der Waals surface area contributed by atoms with E-state index in [4.69, 9.17) is 9.05 Å². The summed E-state index contributed by atoms with van der Waals surface area (Å²) >= 11 is 0. The fraction of sp³-hybridized carbons (Fsp3) is 0.779. The number of hydrogen-bond acceptors (Lipinski definition) is 6. The van der Waals surface area contributed by atoms with Gasteiger partial charge in [-0.3, -0.25) is 9.36 Å². The van der Waals surface area contributed by atoms with Crippen LogP contribution in [0, 0.1) is 0 Å². The Kier molecular flexibility index (Phi) is 56.6. The lowest BCUT2D eigenvalue weighted by molar-refractivity contribution is -0.870. The lowest BCUT2D eigenvalue weighted by Gasteiger charge is -2.29. The molecule has 9 heteroatoms. The molecular weight excluding hydrogens is 972 g/mol. The number of unbranched alkanes of at least 4 members (excludes halogenated alkanes) is 34. The van der Waals surface area contributed by atoms with Gasteiger partial charge >= 0.3 is 0 Å². The van der Waals surface area contributed by atoms with Crippen molar-refractivity contribution in [3.05, 3.63) is 85.1 Å². The van der Waals surface area contributed by atoms with Crippen LogP contribution in [-0.4, -0.2) is 68.5 Å². The Morgan fingerprint density at radius 2 is 0.792 bits per heavy atom. The average Bonchev–Trinajstić information content (AvgIpc) is 3.39. The van der Waals surface area contributed by atoms with Crippen LogP contribution in [0.15, 0.2) is 85.1 Å². The highest BCUT2D eigenvalue weighted by atomic mass is 31.2. The zero-order chi connectivity index (χ0) is 56.3. The number of likely N-dealkylation sites (N-methyl/N-ethyl adjacent to an activating group) is 1. The number of hydrogen-bond donors (Lipinski definition) is 2. The third-order valence-electron chi connectivity index (χ3n) is 14.4. The number of nitrogens with zero attached hydrogens (tertiary/aromatic N) is 1. The standard InChI is InChI=1S/C68H125N2O6P/c1-6-8-10-12-14-16-18-20-22-24-25-26-27-28-29-30-31-32-33-34-35-36-37-38-39-40-41-42-43-44-45-46-48-50-52-54-56-58-60-62-68(72)69-66(65-76-77(73,74)75-64-63-70(3,4)5)67(71)61-59-57-55-53-51-49-47-23-21-19-17-15-13-11-9-7-2/h8,10,14,16,20,22,25-26,28-29,31-32,59,61,66-67,71H,6-7,9,11-13,15,17-19,21,23-24,27,30,33-58,60,62-65H2,1-5H3,(H-,69,72,73,74)/b10-8-,16-14-,22-20-,26-25-,29-28-,32-31-,61-59+. The maximum Gasteiger partial charge on any atom is 0.268 e. The van der Waals surface area contributed by atoms with Crippen molar-refractivity contribution in [2.24, 2.45) is 0 Å². The van der Waals surface area contributed by atoms with Gasteiger partial charge in [0.05, 0.1) is 39.9 Å². The summed E-state index contributed by atoms with van der Waals surface area (Å²) < 4.78 is 23.4. The highest BCUT2D eigenvalue weighted by Gasteiger charge is 2.23. The number of carbonyl (C=O) groups is 1. The van der Waals surface area contributed by atoms with Gasteiger partial charge in [-0.05, 0) is 70.6 Å². The Balaban J connectivity index is 3.97. The summed E-state index contributed by atoms with van der Waals surface area (Å²) in [6, 6.07) is -0.888. The van der Waals surface area contributed by atoms with E-state index in [0.717, 1.165) is 77.0 Å². The molecular formula is C68H125N2O6P.